The molecule has 1 aromatic heterocycles. The number of nitrogens with zero attached hydrogens (tertiary/aromatic N) is 1. The molecule has 0 fully saturated rings. The Morgan fingerprint density at radius 1 is 1.35 bits per heavy atom. The Labute approximate surface area is 99.7 Å². The third-order valence-electron chi connectivity index (χ3n) is 2.46. The minimum absolute atomic E-state index is 0.330. The van der Waals surface area contributed by atoms with Crippen LogP contribution in [0.5, 0.6) is 0 Å². The first-order chi connectivity index (χ1) is 8.29. The Hall–Kier alpha value is -2.16. The summed E-state index contributed by atoms with van der Waals surface area (Å²) in [4.78, 5) is 15.2. The lowest BCUT2D eigenvalue weighted by Crippen LogP contribution is -2.05. The van der Waals surface area contributed by atoms with E-state index in [1.54, 1.807) is 0 Å². The Morgan fingerprint density at radius 3 is 2.88 bits per heavy atom. The average Bonchev–Trinajstić information content (AvgIpc) is 2.38. The number of hydrogen-bond acceptors (Lipinski definition) is 3. The molecule has 0 aliphatic heterocycles. The summed E-state index contributed by atoms with van der Waals surface area (Å²) in [6, 6.07) is 10.0. The van der Waals surface area contributed by atoms with Gasteiger partial charge in [0, 0.05) is 29.8 Å². The van der Waals surface area contributed by atoms with Gasteiger partial charge < -0.3 is 4.74 Å². The van der Waals surface area contributed by atoms with Crippen molar-refractivity contribution in [2.75, 3.05) is 6.61 Å². The Morgan fingerprint density at radius 2 is 2.12 bits per heavy atom. The van der Waals surface area contributed by atoms with Gasteiger partial charge in [-0.25, -0.2) is 4.79 Å². The van der Waals surface area contributed by atoms with Gasteiger partial charge in [-0.1, -0.05) is 30.8 Å². The van der Waals surface area contributed by atoms with Crippen LogP contribution in [-0.2, 0) is 16.0 Å². The molecule has 3 nitrogen and oxygen atoms in total. The van der Waals surface area contributed by atoms with Crippen molar-refractivity contribution in [3.05, 3.63) is 54.9 Å². The second kappa shape index (κ2) is 5.25. The molecule has 0 atom stereocenters. The van der Waals surface area contributed by atoms with Crippen LogP contribution in [0.3, 0.4) is 0 Å². The molecule has 0 saturated carbocycles. The van der Waals surface area contributed by atoms with Crippen LogP contribution in [0, 0.1) is 0 Å². The SMILES string of the molecule is C=CC(=O)OCCc1cc2ccccc2cn1. The number of fused-ring (bicyclic) bond motifs is 1. The predicted octanol–water partition coefficient (Wildman–Crippen LogP) is 2.51. The number of pyridine rings is 1. The summed E-state index contributed by atoms with van der Waals surface area (Å²) in [6.45, 7) is 3.67. The maximum absolute atomic E-state index is 10.9. The second-order valence-electron chi connectivity index (χ2n) is 3.64. The lowest BCUT2D eigenvalue weighted by Gasteiger charge is -2.03. The molecule has 86 valence electrons. The molecule has 1 aromatic carbocycles. The molecule has 0 N–H and O–H groups in total. The average molecular weight is 227 g/mol. The quantitative estimate of drug-likeness (QED) is 0.595. The number of carbonyl (C=O) groups excluding carboxylic acids is 1. The molecule has 0 saturated heterocycles. The van der Waals surface area contributed by atoms with Crippen LogP contribution in [0.1, 0.15) is 5.69 Å². The van der Waals surface area contributed by atoms with Crippen molar-refractivity contribution in [2.24, 2.45) is 0 Å². The highest BCUT2D eigenvalue weighted by Crippen LogP contribution is 2.13. The first-order valence-corrected chi connectivity index (χ1v) is 5.42. The van der Waals surface area contributed by atoms with Crippen LogP contribution in [0.25, 0.3) is 10.8 Å². The third kappa shape index (κ3) is 2.91. The fourth-order valence-corrected chi connectivity index (χ4v) is 1.58. The van der Waals surface area contributed by atoms with E-state index in [9.17, 15) is 4.79 Å². The van der Waals surface area contributed by atoms with Crippen molar-refractivity contribution < 1.29 is 9.53 Å². The molecule has 2 rings (SSSR count). The Bertz CT molecular complexity index is 549. The van der Waals surface area contributed by atoms with E-state index in [2.05, 4.69) is 11.6 Å². The lowest BCUT2D eigenvalue weighted by atomic mass is 10.1. The third-order valence-corrected chi connectivity index (χ3v) is 2.46. The van der Waals surface area contributed by atoms with E-state index < -0.39 is 5.97 Å². The summed E-state index contributed by atoms with van der Waals surface area (Å²) >= 11 is 0. The molecule has 0 unspecified atom stereocenters. The van der Waals surface area contributed by atoms with Gasteiger partial charge in [0.1, 0.15) is 0 Å². The van der Waals surface area contributed by atoms with Crippen molar-refractivity contribution in [2.45, 2.75) is 6.42 Å². The number of hydrogen-bond donors (Lipinski definition) is 0. The van der Waals surface area contributed by atoms with Crippen LogP contribution < -0.4 is 0 Å². The summed E-state index contributed by atoms with van der Waals surface area (Å²) < 4.78 is 4.91. The summed E-state index contributed by atoms with van der Waals surface area (Å²) in [5.41, 5.74) is 0.917. The molecule has 0 radical (unpaired) electrons. The van der Waals surface area contributed by atoms with Crippen molar-refractivity contribution in [1.82, 2.24) is 4.98 Å². The monoisotopic (exact) mass is 227 g/mol. The van der Waals surface area contributed by atoms with E-state index in [1.807, 2.05) is 36.5 Å². The molecule has 0 amide bonds. The number of ether oxygens (including phenoxy) is 1. The predicted molar refractivity (Wildman–Crippen MR) is 66.6 cm³/mol. The first kappa shape index (κ1) is 11.3. The maximum Gasteiger partial charge on any atom is 0.330 e. The molecule has 2 aromatic rings. The highest BCUT2D eigenvalue weighted by atomic mass is 16.5. The van der Waals surface area contributed by atoms with Gasteiger partial charge in [0.2, 0.25) is 0 Å². The zero-order chi connectivity index (χ0) is 12.1. The summed E-state index contributed by atoms with van der Waals surface area (Å²) in [6.07, 6.45) is 3.61. The summed E-state index contributed by atoms with van der Waals surface area (Å²) in [7, 11) is 0. The standard InChI is InChI=1S/C14H13NO2/c1-2-14(16)17-8-7-13-9-11-5-3-4-6-12(11)10-15-13/h2-6,9-10H,1,7-8H2. The van der Waals surface area contributed by atoms with Crippen molar-refractivity contribution >= 4 is 16.7 Å². The van der Waals surface area contributed by atoms with Crippen LogP contribution >= 0.6 is 0 Å². The van der Waals surface area contributed by atoms with Crippen LogP contribution in [0.15, 0.2) is 49.2 Å². The van der Waals surface area contributed by atoms with E-state index in [0.717, 1.165) is 22.5 Å². The zero-order valence-corrected chi connectivity index (χ0v) is 9.43. The minimum Gasteiger partial charge on any atom is -0.462 e. The number of esters is 1. The first-order valence-electron chi connectivity index (χ1n) is 5.42. The molecular weight excluding hydrogens is 214 g/mol. The number of carbonyl (C=O) groups is 1. The molecule has 0 aliphatic carbocycles. The van der Waals surface area contributed by atoms with Gasteiger partial charge in [0.25, 0.3) is 0 Å². The summed E-state index contributed by atoms with van der Waals surface area (Å²) in [5, 5.41) is 2.26. The normalized spacial score (nSPS) is 10.1. The van der Waals surface area contributed by atoms with Crippen LogP contribution in [0.4, 0.5) is 0 Å². The van der Waals surface area contributed by atoms with Gasteiger partial charge >= 0.3 is 5.97 Å². The lowest BCUT2D eigenvalue weighted by molar-refractivity contribution is -0.137. The van der Waals surface area contributed by atoms with Gasteiger partial charge in [0.15, 0.2) is 0 Å². The van der Waals surface area contributed by atoms with Gasteiger partial charge in [-0.3, -0.25) is 4.98 Å². The highest BCUT2D eigenvalue weighted by Gasteiger charge is 2.00. The van der Waals surface area contributed by atoms with Crippen LogP contribution in [0.2, 0.25) is 0 Å². The van der Waals surface area contributed by atoms with Gasteiger partial charge in [-0.15, -0.1) is 0 Å². The number of rotatable bonds is 4. The zero-order valence-electron chi connectivity index (χ0n) is 9.43. The van der Waals surface area contributed by atoms with Gasteiger partial charge in [0.05, 0.1) is 6.61 Å². The van der Waals surface area contributed by atoms with Crippen molar-refractivity contribution in [3.63, 3.8) is 0 Å². The topological polar surface area (TPSA) is 39.2 Å². The highest BCUT2D eigenvalue weighted by molar-refractivity contribution is 5.82. The molecule has 0 aliphatic rings. The fourth-order valence-electron chi connectivity index (χ4n) is 1.58. The van der Waals surface area contributed by atoms with E-state index in [0.29, 0.717) is 13.0 Å². The molecule has 0 spiro atoms. The molecule has 3 heteroatoms. The second-order valence-corrected chi connectivity index (χ2v) is 3.64. The van der Waals surface area contributed by atoms with Crippen molar-refractivity contribution in [3.8, 4) is 0 Å². The number of benzene rings is 1. The van der Waals surface area contributed by atoms with Crippen molar-refractivity contribution in [1.29, 1.82) is 0 Å². The van der Waals surface area contributed by atoms with Crippen LogP contribution in [-0.4, -0.2) is 17.6 Å². The minimum atomic E-state index is -0.397. The Kier molecular flexibility index (Phi) is 3.50. The van der Waals surface area contributed by atoms with Gasteiger partial charge in [-0.05, 0) is 11.5 Å². The molecule has 17 heavy (non-hydrogen) atoms. The van der Waals surface area contributed by atoms with E-state index >= 15 is 0 Å². The smallest absolute Gasteiger partial charge is 0.330 e. The maximum atomic E-state index is 10.9. The molecular formula is C14H13NO2. The van der Waals surface area contributed by atoms with E-state index in [4.69, 9.17) is 4.74 Å². The molecule has 1 heterocycles. The fraction of sp³-hybridized carbons (Fsp3) is 0.143. The Balaban J connectivity index is 2.04. The number of aromatic nitrogens is 1. The largest absolute Gasteiger partial charge is 0.462 e. The molecule has 0 bridgehead atoms. The summed E-state index contributed by atoms with van der Waals surface area (Å²) in [5.74, 6) is -0.397. The van der Waals surface area contributed by atoms with E-state index in [-0.39, 0.29) is 0 Å². The van der Waals surface area contributed by atoms with E-state index in [1.165, 1.54) is 0 Å². The van der Waals surface area contributed by atoms with Gasteiger partial charge in [-0.2, -0.15) is 0 Å².